The lowest BCUT2D eigenvalue weighted by molar-refractivity contribution is -0.136. The average molecular weight is 283 g/mol. The summed E-state index contributed by atoms with van der Waals surface area (Å²) in [5.74, 6) is 0. The summed E-state index contributed by atoms with van der Waals surface area (Å²) < 4.78 is 64.3. The summed E-state index contributed by atoms with van der Waals surface area (Å²) in [6, 6.07) is 2.79. The van der Waals surface area contributed by atoms with Crippen LogP contribution in [0.1, 0.15) is 12.5 Å². The van der Waals surface area contributed by atoms with Crippen LogP contribution in [0.2, 0.25) is 0 Å². The predicted molar refractivity (Wildman–Crippen MR) is 62.1 cm³/mol. The maximum Gasteiger partial charge on any atom is 0.418 e. The molecule has 5 nitrogen and oxygen atoms in total. The van der Waals surface area contributed by atoms with Crippen LogP contribution in [0.25, 0.3) is 0 Å². The van der Waals surface area contributed by atoms with E-state index in [4.69, 9.17) is 5.73 Å². The molecule has 0 atom stereocenters. The van der Waals surface area contributed by atoms with Gasteiger partial charge in [-0.15, -0.1) is 0 Å². The van der Waals surface area contributed by atoms with Crippen molar-refractivity contribution < 1.29 is 21.6 Å². The van der Waals surface area contributed by atoms with Crippen molar-refractivity contribution in [3.8, 4) is 0 Å². The minimum absolute atomic E-state index is 0.121. The fourth-order valence-corrected chi connectivity index (χ4v) is 2.14. The predicted octanol–water partition coefficient (Wildman–Crippen LogP) is 1.55. The molecule has 0 saturated carbocycles. The van der Waals surface area contributed by atoms with Crippen LogP contribution in [0.3, 0.4) is 0 Å². The Kier molecular flexibility index (Phi) is 4.07. The first-order valence-corrected chi connectivity index (χ1v) is 6.38. The van der Waals surface area contributed by atoms with Gasteiger partial charge in [0, 0.05) is 12.2 Å². The number of halogens is 3. The van der Waals surface area contributed by atoms with Crippen molar-refractivity contribution in [3.63, 3.8) is 0 Å². The first-order chi connectivity index (χ1) is 8.15. The zero-order valence-corrected chi connectivity index (χ0v) is 10.2. The molecule has 0 aromatic heterocycles. The molecule has 0 heterocycles. The van der Waals surface area contributed by atoms with E-state index in [1.54, 1.807) is 6.92 Å². The highest BCUT2D eigenvalue weighted by Crippen LogP contribution is 2.35. The first kappa shape index (κ1) is 14.6. The van der Waals surface area contributed by atoms with Gasteiger partial charge in [-0.2, -0.15) is 26.3 Å². The number of anilines is 2. The number of nitrogens with one attached hydrogen (secondary N) is 2. The summed E-state index contributed by atoms with van der Waals surface area (Å²) in [5.41, 5.74) is 3.43. The van der Waals surface area contributed by atoms with Crippen LogP contribution >= 0.6 is 0 Å². The Morgan fingerprint density at radius 2 is 1.94 bits per heavy atom. The van der Waals surface area contributed by atoms with E-state index in [2.05, 4.69) is 4.72 Å². The highest BCUT2D eigenvalue weighted by atomic mass is 32.2. The molecule has 0 saturated heterocycles. The maximum atomic E-state index is 12.5. The molecule has 18 heavy (non-hydrogen) atoms. The minimum Gasteiger partial charge on any atom is -0.398 e. The lowest BCUT2D eigenvalue weighted by atomic mass is 10.1. The normalized spacial score (nSPS) is 12.4. The van der Waals surface area contributed by atoms with Crippen molar-refractivity contribution in [1.29, 1.82) is 0 Å². The highest BCUT2D eigenvalue weighted by molar-refractivity contribution is 7.90. The van der Waals surface area contributed by atoms with Gasteiger partial charge in [0.1, 0.15) is 0 Å². The maximum absolute atomic E-state index is 12.5. The quantitative estimate of drug-likeness (QED) is 0.733. The van der Waals surface area contributed by atoms with Gasteiger partial charge in [0.25, 0.3) is 10.2 Å². The van der Waals surface area contributed by atoms with Gasteiger partial charge < -0.3 is 5.73 Å². The number of hydrogen-bond donors (Lipinski definition) is 3. The van der Waals surface area contributed by atoms with Crippen molar-refractivity contribution in [2.24, 2.45) is 0 Å². The Morgan fingerprint density at radius 1 is 1.33 bits per heavy atom. The molecule has 0 bridgehead atoms. The second-order valence-corrected chi connectivity index (χ2v) is 4.90. The molecule has 9 heteroatoms. The second kappa shape index (κ2) is 5.02. The zero-order chi connectivity index (χ0) is 14.0. The average Bonchev–Trinajstić information content (AvgIpc) is 2.18. The highest BCUT2D eigenvalue weighted by Gasteiger charge is 2.33. The smallest absolute Gasteiger partial charge is 0.398 e. The van der Waals surface area contributed by atoms with Gasteiger partial charge in [-0.05, 0) is 18.2 Å². The molecule has 0 aliphatic heterocycles. The summed E-state index contributed by atoms with van der Waals surface area (Å²) in [5, 5.41) is 0. The Morgan fingerprint density at radius 3 is 2.44 bits per heavy atom. The minimum atomic E-state index is -4.64. The third-order valence-electron chi connectivity index (χ3n) is 1.95. The van der Waals surface area contributed by atoms with E-state index in [-0.39, 0.29) is 12.2 Å². The molecule has 0 fully saturated rings. The molecule has 1 aromatic carbocycles. The Labute approximate surface area is 102 Å². The summed E-state index contributed by atoms with van der Waals surface area (Å²) in [4.78, 5) is 0. The van der Waals surface area contributed by atoms with Crippen LogP contribution in [-0.2, 0) is 16.4 Å². The van der Waals surface area contributed by atoms with Gasteiger partial charge in [0.05, 0.1) is 11.3 Å². The molecule has 102 valence electrons. The van der Waals surface area contributed by atoms with Gasteiger partial charge in [-0.1, -0.05) is 6.92 Å². The van der Waals surface area contributed by atoms with Crippen molar-refractivity contribution in [3.05, 3.63) is 23.8 Å². The van der Waals surface area contributed by atoms with Gasteiger partial charge in [-0.25, -0.2) is 0 Å². The van der Waals surface area contributed by atoms with Crippen molar-refractivity contribution in [2.75, 3.05) is 17.0 Å². The molecular formula is C9H12F3N3O2S. The Bertz CT molecular complexity index is 528. The van der Waals surface area contributed by atoms with Gasteiger partial charge in [0.2, 0.25) is 0 Å². The molecular weight excluding hydrogens is 271 g/mol. The van der Waals surface area contributed by atoms with Gasteiger partial charge in [0.15, 0.2) is 0 Å². The molecule has 0 aliphatic rings. The number of hydrogen-bond acceptors (Lipinski definition) is 3. The summed E-state index contributed by atoms with van der Waals surface area (Å²) in [6.45, 7) is 1.67. The molecule has 1 aromatic rings. The molecule has 1 rings (SSSR count). The topological polar surface area (TPSA) is 84.2 Å². The molecule has 0 spiro atoms. The zero-order valence-electron chi connectivity index (χ0n) is 9.38. The lowest BCUT2D eigenvalue weighted by Crippen LogP contribution is -2.29. The van der Waals surface area contributed by atoms with Crippen LogP contribution in [-0.4, -0.2) is 15.0 Å². The Hall–Kier alpha value is -1.48. The van der Waals surface area contributed by atoms with E-state index in [0.29, 0.717) is 6.07 Å². The fraction of sp³-hybridized carbons (Fsp3) is 0.333. The SMILES string of the molecule is CCNS(=O)(=O)Nc1ccc(N)c(C(F)(F)F)c1. The molecule has 0 radical (unpaired) electrons. The van der Waals surface area contributed by atoms with Crippen molar-refractivity contribution >= 4 is 21.6 Å². The fourth-order valence-electron chi connectivity index (χ4n) is 1.25. The molecule has 0 amide bonds. The number of benzene rings is 1. The monoisotopic (exact) mass is 283 g/mol. The third-order valence-corrected chi connectivity index (χ3v) is 3.12. The van der Waals surface area contributed by atoms with E-state index in [9.17, 15) is 21.6 Å². The molecule has 0 unspecified atom stereocenters. The van der Waals surface area contributed by atoms with E-state index in [1.807, 2.05) is 4.72 Å². The molecule has 0 aliphatic carbocycles. The van der Waals surface area contributed by atoms with Crippen LogP contribution in [0.4, 0.5) is 24.5 Å². The van der Waals surface area contributed by atoms with Gasteiger partial charge in [-0.3, -0.25) is 4.72 Å². The largest absolute Gasteiger partial charge is 0.418 e. The van der Waals surface area contributed by atoms with Crippen LogP contribution < -0.4 is 15.2 Å². The number of rotatable bonds is 4. The third kappa shape index (κ3) is 3.77. The van der Waals surface area contributed by atoms with Crippen LogP contribution in [0.5, 0.6) is 0 Å². The number of nitrogens with two attached hydrogens (primary N) is 1. The first-order valence-electron chi connectivity index (χ1n) is 4.90. The van der Waals surface area contributed by atoms with E-state index in [1.165, 1.54) is 0 Å². The van der Waals surface area contributed by atoms with Crippen LogP contribution in [0, 0.1) is 0 Å². The van der Waals surface area contributed by atoms with Crippen molar-refractivity contribution in [1.82, 2.24) is 4.72 Å². The standard InChI is InChI=1S/C9H12F3N3O2S/c1-2-14-18(16,17)15-6-3-4-8(13)7(5-6)9(10,11)12/h3-5,14-15H,2,13H2,1H3. The van der Waals surface area contributed by atoms with Crippen LogP contribution in [0.15, 0.2) is 18.2 Å². The Balaban J connectivity index is 3.07. The summed E-state index contributed by atoms with van der Waals surface area (Å²) in [7, 11) is -3.87. The van der Waals surface area contributed by atoms with E-state index >= 15 is 0 Å². The van der Waals surface area contributed by atoms with E-state index < -0.39 is 27.6 Å². The summed E-state index contributed by atoms with van der Waals surface area (Å²) in [6.07, 6.45) is -4.64. The molecule has 4 N–H and O–H groups in total. The number of alkyl halides is 3. The van der Waals surface area contributed by atoms with Crippen molar-refractivity contribution in [2.45, 2.75) is 13.1 Å². The summed E-state index contributed by atoms with van der Waals surface area (Å²) >= 11 is 0. The number of nitrogen functional groups attached to an aromatic ring is 1. The van der Waals surface area contributed by atoms with E-state index in [0.717, 1.165) is 12.1 Å². The lowest BCUT2D eigenvalue weighted by Gasteiger charge is -2.13. The second-order valence-electron chi connectivity index (χ2n) is 3.40. The van der Waals surface area contributed by atoms with Gasteiger partial charge >= 0.3 is 6.18 Å².